The molecule has 1 aliphatic heterocycles. The van der Waals surface area contributed by atoms with Crippen molar-refractivity contribution in [2.24, 2.45) is 5.73 Å². The molecule has 5 nitrogen and oxygen atoms in total. The van der Waals surface area contributed by atoms with E-state index in [-0.39, 0.29) is 6.10 Å². The topological polar surface area (TPSA) is 64.5 Å². The predicted molar refractivity (Wildman–Crippen MR) is 68.1 cm³/mol. The Kier molecular flexibility index (Phi) is 3.27. The Bertz CT molecular complexity index is 493. The Hall–Kier alpha value is -1.43. The van der Waals surface area contributed by atoms with Crippen molar-refractivity contribution >= 4 is 11.1 Å². The second-order valence-electron chi connectivity index (χ2n) is 4.54. The second kappa shape index (κ2) is 5.06. The molecule has 2 N–H and O–H groups in total. The molecule has 0 amide bonds. The van der Waals surface area contributed by atoms with Gasteiger partial charge >= 0.3 is 0 Å². The van der Waals surface area contributed by atoms with Crippen molar-refractivity contribution in [3.8, 4) is 0 Å². The van der Waals surface area contributed by atoms with Gasteiger partial charge in [0, 0.05) is 19.6 Å². The van der Waals surface area contributed by atoms with Crippen molar-refractivity contribution in [1.29, 1.82) is 0 Å². The highest BCUT2D eigenvalue weighted by molar-refractivity contribution is 5.72. The fourth-order valence-corrected chi connectivity index (χ4v) is 2.25. The lowest BCUT2D eigenvalue weighted by atomic mass is 10.3. The van der Waals surface area contributed by atoms with Crippen molar-refractivity contribution < 1.29 is 9.15 Å². The van der Waals surface area contributed by atoms with Gasteiger partial charge < -0.3 is 14.9 Å². The maximum atomic E-state index is 5.71. The Morgan fingerprint density at radius 1 is 1.39 bits per heavy atom. The molecule has 3 rings (SSSR count). The van der Waals surface area contributed by atoms with Gasteiger partial charge in [-0.25, -0.2) is 4.98 Å². The molecule has 1 atom stereocenters. The molecule has 2 heterocycles. The molecule has 1 aliphatic rings. The van der Waals surface area contributed by atoms with Crippen LogP contribution in [0.2, 0.25) is 0 Å². The molecule has 0 spiro atoms. The lowest BCUT2D eigenvalue weighted by molar-refractivity contribution is -0.0282. The zero-order valence-electron chi connectivity index (χ0n) is 10.2. The van der Waals surface area contributed by atoms with Gasteiger partial charge in [-0.05, 0) is 12.1 Å². The molecule has 1 unspecified atom stereocenters. The zero-order chi connectivity index (χ0) is 12.4. The summed E-state index contributed by atoms with van der Waals surface area (Å²) in [6, 6.07) is 7.82. The minimum absolute atomic E-state index is 0.128. The molecule has 18 heavy (non-hydrogen) atoms. The molecule has 0 aliphatic carbocycles. The number of benzene rings is 1. The van der Waals surface area contributed by atoms with Gasteiger partial charge in [-0.15, -0.1) is 0 Å². The van der Waals surface area contributed by atoms with Crippen molar-refractivity contribution in [1.82, 2.24) is 9.88 Å². The summed E-state index contributed by atoms with van der Waals surface area (Å²) in [7, 11) is 0. The number of aromatic nitrogens is 1. The molecule has 2 aromatic rings. The summed E-state index contributed by atoms with van der Waals surface area (Å²) in [5.74, 6) is 0.758. The van der Waals surface area contributed by atoms with Crippen LogP contribution in [0.5, 0.6) is 0 Å². The first-order valence-electron chi connectivity index (χ1n) is 6.23. The zero-order valence-corrected chi connectivity index (χ0v) is 10.2. The normalized spacial score (nSPS) is 21.5. The summed E-state index contributed by atoms with van der Waals surface area (Å²) in [6.07, 6.45) is 0.128. The smallest absolute Gasteiger partial charge is 0.209 e. The van der Waals surface area contributed by atoms with Crippen LogP contribution in [0.4, 0.5) is 0 Å². The highest BCUT2D eigenvalue weighted by Gasteiger charge is 2.20. The van der Waals surface area contributed by atoms with E-state index < -0.39 is 0 Å². The first-order chi connectivity index (χ1) is 8.85. The number of oxazole rings is 1. The third-order valence-corrected chi connectivity index (χ3v) is 3.18. The van der Waals surface area contributed by atoms with Crippen LogP contribution in [0.25, 0.3) is 11.1 Å². The lowest BCUT2D eigenvalue weighted by Gasteiger charge is -2.31. The summed E-state index contributed by atoms with van der Waals surface area (Å²) < 4.78 is 11.3. The maximum Gasteiger partial charge on any atom is 0.209 e. The van der Waals surface area contributed by atoms with Crippen molar-refractivity contribution in [2.75, 3.05) is 26.2 Å². The molecule has 1 saturated heterocycles. The number of para-hydroxylation sites is 2. The van der Waals surface area contributed by atoms with Gasteiger partial charge in [-0.1, -0.05) is 12.1 Å². The molecular weight excluding hydrogens is 230 g/mol. The van der Waals surface area contributed by atoms with E-state index in [2.05, 4.69) is 9.88 Å². The van der Waals surface area contributed by atoms with Crippen LogP contribution in [-0.4, -0.2) is 42.2 Å². The molecule has 1 aromatic heterocycles. The lowest BCUT2D eigenvalue weighted by Crippen LogP contribution is -2.45. The number of nitrogens with two attached hydrogens (primary N) is 1. The van der Waals surface area contributed by atoms with Crippen LogP contribution in [-0.2, 0) is 11.3 Å². The largest absolute Gasteiger partial charge is 0.439 e. The van der Waals surface area contributed by atoms with Crippen LogP contribution in [0, 0.1) is 0 Å². The molecule has 0 radical (unpaired) electrons. The highest BCUT2D eigenvalue weighted by Crippen LogP contribution is 2.17. The third kappa shape index (κ3) is 2.38. The van der Waals surface area contributed by atoms with Crippen LogP contribution >= 0.6 is 0 Å². The summed E-state index contributed by atoms with van der Waals surface area (Å²) >= 11 is 0. The van der Waals surface area contributed by atoms with Gasteiger partial charge in [0.1, 0.15) is 5.52 Å². The molecule has 5 heteroatoms. The van der Waals surface area contributed by atoms with E-state index in [0.29, 0.717) is 13.1 Å². The van der Waals surface area contributed by atoms with E-state index in [9.17, 15) is 0 Å². The first kappa shape index (κ1) is 11.6. The van der Waals surface area contributed by atoms with Gasteiger partial charge in [0.05, 0.1) is 19.3 Å². The standard InChI is InChI=1S/C13H17N3O2/c14-7-10-8-16(5-6-17-10)9-13-15-11-3-1-2-4-12(11)18-13/h1-4,10H,5-9,14H2. The Morgan fingerprint density at radius 3 is 3.11 bits per heavy atom. The second-order valence-corrected chi connectivity index (χ2v) is 4.54. The number of hydrogen-bond donors (Lipinski definition) is 1. The fraction of sp³-hybridized carbons (Fsp3) is 0.462. The summed E-state index contributed by atoms with van der Waals surface area (Å²) in [5.41, 5.74) is 7.39. The van der Waals surface area contributed by atoms with Crippen LogP contribution in [0.3, 0.4) is 0 Å². The van der Waals surface area contributed by atoms with Crippen molar-refractivity contribution in [3.63, 3.8) is 0 Å². The molecule has 1 aromatic carbocycles. The molecular formula is C13H17N3O2. The summed E-state index contributed by atoms with van der Waals surface area (Å²) in [5, 5.41) is 0. The average molecular weight is 247 g/mol. The first-order valence-corrected chi connectivity index (χ1v) is 6.23. The Labute approximate surface area is 106 Å². The summed E-state index contributed by atoms with van der Waals surface area (Å²) in [6.45, 7) is 3.74. The number of rotatable bonds is 3. The van der Waals surface area contributed by atoms with Crippen LogP contribution in [0.15, 0.2) is 28.7 Å². The van der Waals surface area contributed by atoms with E-state index in [1.165, 1.54) is 0 Å². The average Bonchev–Trinajstić information content (AvgIpc) is 2.81. The monoisotopic (exact) mass is 247 g/mol. The fourth-order valence-electron chi connectivity index (χ4n) is 2.25. The van der Waals surface area contributed by atoms with Crippen LogP contribution in [0.1, 0.15) is 5.89 Å². The van der Waals surface area contributed by atoms with E-state index in [1.54, 1.807) is 0 Å². The number of fused-ring (bicyclic) bond motifs is 1. The highest BCUT2D eigenvalue weighted by atomic mass is 16.5. The number of nitrogens with zero attached hydrogens (tertiary/aromatic N) is 2. The van der Waals surface area contributed by atoms with E-state index in [4.69, 9.17) is 14.9 Å². The minimum atomic E-state index is 0.128. The van der Waals surface area contributed by atoms with Gasteiger partial charge in [-0.2, -0.15) is 0 Å². The van der Waals surface area contributed by atoms with Gasteiger partial charge in [0.2, 0.25) is 5.89 Å². The predicted octanol–water partition coefficient (Wildman–Crippen LogP) is 0.987. The van der Waals surface area contributed by atoms with Crippen molar-refractivity contribution in [2.45, 2.75) is 12.6 Å². The number of morpholine rings is 1. The van der Waals surface area contributed by atoms with Crippen LogP contribution < -0.4 is 5.73 Å². The summed E-state index contributed by atoms with van der Waals surface area (Å²) in [4.78, 5) is 6.75. The quantitative estimate of drug-likeness (QED) is 0.876. The molecule has 96 valence electrons. The number of hydrogen-bond acceptors (Lipinski definition) is 5. The molecule has 1 fully saturated rings. The van der Waals surface area contributed by atoms with E-state index in [1.807, 2.05) is 24.3 Å². The van der Waals surface area contributed by atoms with Gasteiger partial charge in [0.15, 0.2) is 5.58 Å². The van der Waals surface area contributed by atoms with E-state index >= 15 is 0 Å². The minimum Gasteiger partial charge on any atom is -0.439 e. The third-order valence-electron chi connectivity index (χ3n) is 3.18. The van der Waals surface area contributed by atoms with Gasteiger partial charge in [0.25, 0.3) is 0 Å². The van der Waals surface area contributed by atoms with Gasteiger partial charge in [-0.3, -0.25) is 4.90 Å². The Balaban J connectivity index is 1.71. The SMILES string of the molecule is NCC1CN(Cc2nc3ccccc3o2)CCO1. The van der Waals surface area contributed by atoms with Crippen molar-refractivity contribution in [3.05, 3.63) is 30.2 Å². The molecule has 0 saturated carbocycles. The Morgan fingerprint density at radius 2 is 2.28 bits per heavy atom. The molecule has 0 bridgehead atoms. The maximum absolute atomic E-state index is 5.71. The number of ether oxygens (including phenoxy) is 1. The van der Waals surface area contributed by atoms with E-state index in [0.717, 1.165) is 36.7 Å².